The molecule has 0 bridgehead atoms. The van der Waals surface area contributed by atoms with Crippen molar-refractivity contribution in [2.24, 2.45) is 0 Å². The lowest BCUT2D eigenvalue weighted by molar-refractivity contribution is 0.0993. The number of hydrogen-bond acceptors (Lipinski definition) is 3. The van der Waals surface area contributed by atoms with Crippen LogP contribution in [0.1, 0.15) is 35.2 Å². The molecule has 1 saturated heterocycles. The molecule has 4 nitrogen and oxygen atoms in total. The van der Waals surface area contributed by atoms with Crippen molar-refractivity contribution in [2.45, 2.75) is 38.3 Å². The van der Waals surface area contributed by atoms with E-state index in [1.54, 1.807) is 7.11 Å². The summed E-state index contributed by atoms with van der Waals surface area (Å²) in [5.74, 6) is 0.903. The van der Waals surface area contributed by atoms with Gasteiger partial charge in [0.15, 0.2) is 5.78 Å². The zero-order chi connectivity index (χ0) is 19.5. The molecule has 2 aromatic carbocycles. The van der Waals surface area contributed by atoms with Crippen molar-refractivity contribution in [1.29, 1.82) is 0 Å². The third-order valence-corrected chi connectivity index (χ3v) is 5.96. The molecular weight excluding hydrogens is 348 g/mol. The smallest absolute Gasteiger partial charge is 0.169 e. The minimum Gasteiger partial charge on any atom is -0.496 e. The molecule has 0 spiro atoms. The molecule has 146 valence electrons. The van der Waals surface area contributed by atoms with Crippen molar-refractivity contribution < 1.29 is 9.53 Å². The van der Waals surface area contributed by atoms with Gasteiger partial charge in [0.05, 0.1) is 7.11 Å². The normalized spacial score (nSPS) is 17.7. The molecule has 2 heterocycles. The number of carbonyl (C=O) groups is 1. The average molecular weight is 377 g/mol. The molecule has 3 aromatic rings. The zero-order valence-electron chi connectivity index (χ0n) is 16.7. The Kier molecular flexibility index (Phi) is 5.49. The number of ketones is 1. The Labute approximate surface area is 166 Å². The summed E-state index contributed by atoms with van der Waals surface area (Å²) < 4.78 is 7.70. The van der Waals surface area contributed by atoms with E-state index in [2.05, 4.69) is 40.9 Å². The molecule has 1 unspecified atom stereocenters. The second-order valence-corrected chi connectivity index (χ2v) is 7.75. The van der Waals surface area contributed by atoms with Crippen LogP contribution >= 0.6 is 0 Å². The Hall–Kier alpha value is -2.59. The number of piperidine rings is 1. The number of Topliss-reactive ketones (excluding diaryl/α,β-unsaturated/α-hetero) is 1. The lowest BCUT2D eigenvalue weighted by atomic mass is 10.0. The molecule has 0 saturated carbocycles. The van der Waals surface area contributed by atoms with Gasteiger partial charge in [0.2, 0.25) is 0 Å². The van der Waals surface area contributed by atoms with Crippen LogP contribution in [-0.4, -0.2) is 42.0 Å². The van der Waals surface area contributed by atoms with Gasteiger partial charge in [0.25, 0.3) is 0 Å². The summed E-state index contributed by atoms with van der Waals surface area (Å²) in [5.41, 5.74) is 2.88. The molecule has 4 heteroatoms. The largest absolute Gasteiger partial charge is 0.496 e. The summed E-state index contributed by atoms with van der Waals surface area (Å²) in [7, 11) is 3.86. The van der Waals surface area contributed by atoms with E-state index in [9.17, 15) is 4.79 Å². The fraction of sp³-hybridized carbons (Fsp3) is 0.375. The lowest BCUT2D eigenvalue weighted by Gasteiger charge is -2.32. The van der Waals surface area contributed by atoms with Gasteiger partial charge < -0.3 is 14.2 Å². The Bertz CT molecular complexity index is 976. The third-order valence-electron chi connectivity index (χ3n) is 5.96. The Morgan fingerprint density at radius 2 is 1.89 bits per heavy atom. The standard InChI is InChI=1S/C24H28N2O2/c1-25-14-8-7-10-19(25)16-26-17-21(20-11-4-5-12-22(20)26)23(27)15-18-9-3-6-13-24(18)28-2/h3-6,9,11-13,17,19H,7-8,10,14-16H2,1-2H3. The average Bonchev–Trinajstić information content (AvgIpc) is 3.09. The van der Waals surface area contributed by atoms with Crippen LogP contribution in [0.15, 0.2) is 54.7 Å². The summed E-state index contributed by atoms with van der Waals surface area (Å²) in [6.07, 6.45) is 6.19. The van der Waals surface area contributed by atoms with Crippen LogP contribution < -0.4 is 4.74 Å². The van der Waals surface area contributed by atoms with Crippen LogP contribution in [0.2, 0.25) is 0 Å². The van der Waals surface area contributed by atoms with Gasteiger partial charge in [-0.15, -0.1) is 0 Å². The first-order valence-corrected chi connectivity index (χ1v) is 10.1. The maximum absolute atomic E-state index is 13.2. The quantitative estimate of drug-likeness (QED) is 0.592. The van der Waals surface area contributed by atoms with Crippen LogP contribution in [0.5, 0.6) is 5.75 Å². The first kappa shape index (κ1) is 18.8. The minimum absolute atomic E-state index is 0.136. The van der Waals surface area contributed by atoms with E-state index >= 15 is 0 Å². The molecule has 0 N–H and O–H groups in total. The number of likely N-dealkylation sites (tertiary alicyclic amines) is 1. The number of carbonyl (C=O) groups excluding carboxylic acids is 1. The van der Waals surface area contributed by atoms with Crippen LogP contribution in [0.4, 0.5) is 0 Å². The molecule has 0 radical (unpaired) electrons. The molecular formula is C24H28N2O2. The first-order valence-electron chi connectivity index (χ1n) is 10.1. The van der Waals surface area contributed by atoms with Crippen LogP contribution in [0.3, 0.4) is 0 Å². The summed E-state index contributed by atoms with van der Waals surface area (Å²) in [4.78, 5) is 15.6. The second-order valence-electron chi connectivity index (χ2n) is 7.75. The predicted molar refractivity (Wildman–Crippen MR) is 113 cm³/mol. The molecule has 1 aromatic heterocycles. The Balaban J connectivity index is 1.64. The van der Waals surface area contributed by atoms with Gasteiger partial charge in [-0.2, -0.15) is 0 Å². The first-order chi connectivity index (χ1) is 13.7. The number of benzene rings is 2. The topological polar surface area (TPSA) is 34.5 Å². The Morgan fingerprint density at radius 1 is 1.11 bits per heavy atom. The van der Waals surface area contributed by atoms with E-state index < -0.39 is 0 Å². The highest BCUT2D eigenvalue weighted by Crippen LogP contribution is 2.27. The number of rotatable bonds is 6. The fourth-order valence-corrected chi connectivity index (χ4v) is 4.34. The van der Waals surface area contributed by atoms with Gasteiger partial charge >= 0.3 is 0 Å². The number of aromatic nitrogens is 1. The number of likely N-dealkylation sites (N-methyl/N-ethyl adjacent to an activating group) is 1. The van der Waals surface area contributed by atoms with E-state index in [4.69, 9.17) is 4.74 Å². The number of ether oxygens (including phenoxy) is 1. The summed E-state index contributed by atoms with van der Waals surface area (Å²) in [5, 5.41) is 1.04. The van der Waals surface area contributed by atoms with Gasteiger partial charge in [-0.1, -0.05) is 42.8 Å². The molecule has 1 aliphatic rings. The molecule has 0 amide bonds. The fourth-order valence-electron chi connectivity index (χ4n) is 4.34. The second kappa shape index (κ2) is 8.19. The van der Waals surface area contributed by atoms with E-state index in [1.807, 2.05) is 30.3 Å². The van der Waals surface area contributed by atoms with Gasteiger partial charge in [-0.05, 0) is 38.6 Å². The number of methoxy groups -OCH3 is 1. The van der Waals surface area contributed by atoms with Gasteiger partial charge in [0.1, 0.15) is 5.75 Å². The highest BCUT2D eigenvalue weighted by Gasteiger charge is 2.22. The van der Waals surface area contributed by atoms with Crippen molar-refractivity contribution in [3.63, 3.8) is 0 Å². The number of hydrogen-bond donors (Lipinski definition) is 0. The third kappa shape index (κ3) is 3.69. The van der Waals surface area contributed by atoms with Crippen molar-refractivity contribution >= 4 is 16.7 Å². The van der Waals surface area contributed by atoms with E-state index in [1.165, 1.54) is 19.3 Å². The number of para-hydroxylation sites is 2. The molecule has 1 aliphatic heterocycles. The Morgan fingerprint density at radius 3 is 2.71 bits per heavy atom. The van der Waals surface area contributed by atoms with E-state index in [0.29, 0.717) is 12.5 Å². The van der Waals surface area contributed by atoms with Crippen LogP contribution in [0.25, 0.3) is 10.9 Å². The molecule has 1 atom stereocenters. The maximum Gasteiger partial charge on any atom is 0.169 e. The van der Waals surface area contributed by atoms with E-state index in [-0.39, 0.29) is 5.78 Å². The number of fused-ring (bicyclic) bond motifs is 1. The number of nitrogens with zero attached hydrogens (tertiary/aromatic N) is 2. The van der Waals surface area contributed by atoms with Crippen molar-refractivity contribution in [3.05, 3.63) is 65.9 Å². The monoisotopic (exact) mass is 376 g/mol. The van der Waals surface area contributed by atoms with Gasteiger partial charge in [0, 0.05) is 47.2 Å². The van der Waals surface area contributed by atoms with Gasteiger partial charge in [-0.3, -0.25) is 4.79 Å². The van der Waals surface area contributed by atoms with Crippen LogP contribution in [-0.2, 0) is 13.0 Å². The summed E-state index contributed by atoms with van der Waals surface area (Å²) >= 11 is 0. The molecule has 28 heavy (non-hydrogen) atoms. The minimum atomic E-state index is 0.136. The SMILES string of the molecule is COc1ccccc1CC(=O)c1cn(CC2CCCCN2C)c2ccccc12. The van der Waals surface area contributed by atoms with E-state index in [0.717, 1.165) is 40.9 Å². The molecule has 1 fully saturated rings. The predicted octanol–water partition coefficient (Wildman–Crippen LogP) is 4.56. The van der Waals surface area contributed by atoms with Crippen molar-refractivity contribution in [2.75, 3.05) is 20.7 Å². The highest BCUT2D eigenvalue weighted by atomic mass is 16.5. The summed E-state index contributed by atoms with van der Waals surface area (Å²) in [6, 6.07) is 16.5. The van der Waals surface area contributed by atoms with Crippen molar-refractivity contribution in [3.8, 4) is 5.75 Å². The zero-order valence-corrected chi connectivity index (χ0v) is 16.7. The summed E-state index contributed by atoms with van der Waals surface area (Å²) in [6.45, 7) is 2.09. The van der Waals surface area contributed by atoms with Gasteiger partial charge in [-0.25, -0.2) is 0 Å². The maximum atomic E-state index is 13.2. The van der Waals surface area contributed by atoms with Crippen LogP contribution in [0, 0.1) is 0 Å². The van der Waals surface area contributed by atoms with Crippen molar-refractivity contribution in [1.82, 2.24) is 9.47 Å². The lowest BCUT2D eigenvalue weighted by Crippen LogP contribution is -2.39. The molecule has 0 aliphatic carbocycles. The highest BCUT2D eigenvalue weighted by molar-refractivity contribution is 6.09. The molecule has 4 rings (SSSR count).